The Labute approximate surface area is 126 Å². The van der Waals surface area contributed by atoms with E-state index in [1.165, 1.54) is 25.3 Å². The molecule has 6 nitrogen and oxygen atoms in total. The van der Waals surface area contributed by atoms with Gasteiger partial charge in [0.05, 0.1) is 4.92 Å². The molecule has 0 saturated heterocycles. The second-order valence-corrected chi connectivity index (χ2v) is 6.29. The van der Waals surface area contributed by atoms with Crippen molar-refractivity contribution in [3.05, 3.63) is 28.3 Å². The van der Waals surface area contributed by atoms with E-state index in [-0.39, 0.29) is 5.69 Å². The Morgan fingerprint density at radius 3 is 3.00 bits per heavy atom. The molecule has 1 aromatic heterocycles. The van der Waals surface area contributed by atoms with Gasteiger partial charge in [-0.2, -0.15) is 16.7 Å². The molecule has 3 rings (SSSR count). The lowest BCUT2D eigenvalue weighted by atomic mass is 9.95. The van der Waals surface area contributed by atoms with Gasteiger partial charge in [0.1, 0.15) is 0 Å². The van der Waals surface area contributed by atoms with E-state index in [9.17, 15) is 10.1 Å². The molecule has 0 amide bonds. The summed E-state index contributed by atoms with van der Waals surface area (Å²) >= 11 is 1.85. The van der Waals surface area contributed by atoms with Crippen LogP contribution in [0.1, 0.15) is 25.7 Å². The van der Waals surface area contributed by atoms with E-state index in [4.69, 9.17) is 4.42 Å². The summed E-state index contributed by atoms with van der Waals surface area (Å²) in [6.07, 6.45) is 6.81. The topological polar surface area (TPSA) is 81.2 Å². The maximum atomic E-state index is 11.0. The van der Waals surface area contributed by atoms with Crippen LogP contribution in [0.25, 0.3) is 11.1 Å². The molecule has 112 valence electrons. The molecular weight excluding hydrogens is 290 g/mol. The van der Waals surface area contributed by atoms with Gasteiger partial charge in [-0.15, -0.1) is 0 Å². The minimum atomic E-state index is -0.431. The van der Waals surface area contributed by atoms with Gasteiger partial charge in [0.25, 0.3) is 11.7 Å². The summed E-state index contributed by atoms with van der Waals surface area (Å²) in [4.78, 5) is 14.9. The van der Waals surface area contributed by atoms with Crippen molar-refractivity contribution in [1.29, 1.82) is 0 Å². The summed E-state index contributed by atoms with van der Waals surface area (Å²) in [5.74, 6) is 0. The van der Waals surface area contributed by atoms with Crippen LogP contribution in [0.15, 0.2) is 22.6 Å². The second-order valence-electron chi connectivity index (χ2n) is 5.21. The molecule has 1 aromatic carbocycles. The summed E-state index contributed by atoms with van der Waals surface area (Å²) in [7, 11) is 0. The van der Waals surface area contributed by atoms with Gasteiger partial charge in [0.2, 0.25) is 0 Å². The van der Waals surface area contributed by atoms with Crippen LogP contribution in [0.2, 0.25) is 0 Å². The highest BCUT2D eigenvalue weighted by molar-refractivity contribution is 7.99. The number of hydrogen-bond donors (Lipinski definition) is 1. The van der Waals surface area contributed by atoms with Crippen LogP contribution in [0.4, 0.5) is 11.7 Å². The lowest BCUT2D eigenvalue weighted by Gasteiger charge is -2.30. The third kappa shape index (κ3) is 2.83. The number of hydrogen-bond acceptors (Lipinski definition) is 6. The average Bonchev–Trinajstić information content (AvgIpc) is 2.89. The zero-order chi connectivity index (χ0) is 14.8. The number of nitro groups is 1. The number of nitrogens with one attached hydrogen (secondary N) is 1. The molecular formula is C14H17N3O3S. The Bertz CT molecular complexity index is 658. The fourth-order valence-electron chi connectivity index (χ4n) is 2.85. The highest BCUT2D eigenvalue weighted by Crippen LogP contribution is 2.32. The van der Waals surface area contributed by atoms with Crippen molar-refractivity contribution in [1.82, 2.24) is 4.98 Å². The van der Waals surface area contributed by atoms with Crippen LogP contribution in [0.5, 0.6) is 0 Å². The highest BCUT2D eigenvalue weighted by atomic mass is 32.2. The number of non-ortho nitro benzene ring substituents is 1. The van der Waals surface area contributed by atoms with Gasteiger partial charge in [-0.25, -0.2) is 0 Å². The van der Waals surface area contributed by atoms with Crippen molar-refractivity contribution < 1.29 is 9.34 Å². The molecule has 1 aliphatic carbocycles. The van der Waals surface area contributed by atoms with E-state index in [1.54, 1.807) is 12.1 Å². The molecule has 0 radical (unpaired) electrons. The largest absolute Gasteiger partial charge is 0.423 e. The Balaban J connectivity index is 1.87. The average molecular weight is 307 g/mol. The van der Waals surface area contributed by atoms with Crippen LogP contribution in [0.3, 0.4) is 0 Å². The lowest BCUT2D eigenvalue weighted by molar-refractivity contribution is -0.383. The minimum absolute atomic E-state index is 0.0191. The number of para-hydroxylation sites is 1. The Hall–Kier alpha value is -1.76. The van der Waals surface area contributed by atoms with Gasteiger partial charge in [-0.1, -0.05) is 18.9 Å². The van der Waals surface area contributed by atoms with Crippen LogP contribution in [0, 0.1) is 10.1 Å². The maximum absolute atomic E-state index is 11.0. The van der Waals surface area contributed by atoms with Crippen molar-refractivity contribution in [3.8, 4) is 0 Å². The van der Waals surface area contributed by atoms with Gasteiger partial charge in [0, 0.05) is 17.4 Å². The Morgan fingerprint density at radius 1 is 1.43 bits per heavy atom. The quantitative estimate of drug-likeness (QED) is 0.683. The molecule has 0 aliphatic heterocycles. The van der Waals surface area contributed by atoms with Gasteiger partial charge in [-0.05, 0) is 25.2 Å². The number of aromatic nitrogens is 1. The van der Waals surface area contributed by atoms with E-state index in [0.717, 1.165) is 6.42 Å². The third-order valence-corrected chi connectivity index (χ3v) is 5.08. The molecule has 0 spiro atoms. The van der Waals surface area contributed by atoms with Crippen LogP contribution in [-0.4, -0.2) is 27.5 Å². The molecule has 21 heavy (non-hydrogen) atoms. The summed E-state index contributed by atoms with van der Waals surface area (Å²) in [6.45, 7) is 0. The van der Waals surface area contributed by atoms with Crippen molar-refractivity contribution >= 4 is 34.6 Å². The molecule has 1 aliphatic rings. The number of fused-ring (bicyclic) bond motifs is 1. The van der Waals surface area contributed by atoms with Gasteiger partial charge < -0.3 is 9.73 Å². The normalized spacial score (nSPS) is 22.3. The molecule has 1 heterocycles. The molecule has 1 fully saturated rings. The molecule has 1 saturated carbocycles. The zero-order valence-corrected chi connectivity index (χ0v) is 12.6. The van der Waals surface area contributed by atoms with E-state index >= 15 is 0 Å². The van der Waals surface area contributed by atoms with Crippen LogP contribution in [-0.2, 0) is 0 Å². The van der Waals surface area contributed by atoms with Gasteiger partial charge in [-0.3, -0.25) is 10.1 Å². The van der Waals surface area contributed by atoms with Crippen LogP contribution >= 0.6 is 11.8 Å². The summed E-state index contributed by atoms with van der Waals surface area (Å²) in [5, 5.41) is 14.9. The van der Waals surface area contributed by atoms with Gasteiger partial charge in [0.15, 0.2) is 11.1 Å². The van der Waals surface area contributed by atoms with E-state index in [2.05, 4.69) is 16.6 Å². The maximum Gasteiger partial charge on any atom is 0.298 e. The van der Waals surface area contributed by atoms with E-state index < -0.39 is 4.92 Å². The third-order valence-electron chi connectivity index (χ3n) is 3.91. The standard InChI is InChI=1S/C14H17N3O3S/c1-21-12-8-3-2-5-9(12)15-14-16-13-10(17(18)19)6-4-7-11(13)20-14/h4,6-7,9,12H,2-3,5,8H2,1H3,(H,15,16). The van der Waals surface area contributed by atoms with Gasteiger partial charge >= 0.3 is 0 Å². The molecule has 2 aromatic rings. The fourth-order valence-corrected chi connectivity index (χ4v) is 3.78. The predicted molar refractivity (Wildman–Crippen MR) is 83.8 cm³/mol. The molecule has 7 heteroatoms. The van der Waals surface area contributed by atoms with Crippen molar-refractivity contribution in [2.45, 2.75) is 37.0 Å². The number of nitrogens with zero attached hydrogens (tertiary/aromatic N) is 2. The first kappa shape index (κ1) is 14.2. The number of rotatable bonds is 4. The molecule has 2 unspecified atom stereocenters. The minimum Gasteiger partial charge on any atom is -0.423 e. The summed E-state index contributed by atoms with van der Waals surface area (Å²) in [6, 6.07) is 5.44. The number of anilines is 1. The van der Waals surface area contributed by atoms with Crippen LogP contribution < -0.4 is 5.32 Å². The smallest absolute Gasteiger partial charge is 0.298 e. The monoisotopic (exact) mass is 307 g/mol. The first-order valence-electron chi connectivity index (χ1n) is 7.02. The van der Waals surface area contributed by atoms with E-state index in [0.29, 0.717) is 28.4 Å². The number of nitro benzene ring substituents is 1. The SMILES string of the molecule is CSC1CCCCC1Nc1nc2c([N+](=O)[O-])cccc2o1. The first-order chi connectivity index (χ1) is 10.2. The van der Waals surface area contributed by atoms with Crippen molar-refractivity contribution in [2.75, 3.05) is 11.6 Å². The molecule has 0 bridgehead atoms. The zero-order valence-electron chi connectivity index (χ0n) is 11.7. The molecule has 2 atom stereocenters. The number of thioether (sulfide) groups is 1. The highest BCUT2D eigenvalue weighted by Gasteiger charge is 2.26. The second kappa shape index (κ2) is 5.93. The Morgan fingerprint density at radius 2 is 2.24 bits per heavy atom. The Kier molecular flexibility index (Phi) is 4.01. The summed E-state index contributed by atoms with van der Waals surface area (Å²) in [5.41, 5.74) is 0.735. The molecule has 1 N–H and O–H groups in total. The fraction of sp³-hybridized carbons (Fsp3) is 0.500. The lowest BCUT2D eigenvalue weighted by Crippen LogP contribution is -2.34. The van der Waals surface area contributed by atoms with E-state index in [1.807, 2.05) is 11.8 Å². The van der Waals surface area contributed by atoms with Crippen molar-refractivity contribution in [3.63, 3.8) is 0 Å². The summed E-state index contributed by atoms with van der Waals surface area (Å²) < 4.78 is 5.62. The first-order valence-corrected chi connectivity index (χ1v) is 8.31. The number of oxazole rings is 1. The number of benzene rings is 1. The van der Waals surface area contributed by atoms with Crippen molar-refractivity contribution in [2.24, 2.45) is 0 Å². The predicted octanol–water partition coefficient (Wildman–Crippen LogP) is 3.82.